The predicted molar refractivity (Wildman–Crippen MR) is 184 cm³/mol. The van der Waals surface area contributed by atoms with Gasteiger partial charge in [-0.25, -0.2) is 4.79 Å². The Kier molecular flexibility index (Phi) is 5.35. The molecule has 0 fully saturated rings. The summed E-state index contributed by atoms with van der Waals surface area (Å²) in [6.45, 7) is 0. The smallest absolute Gasteiger partial charge is 0.344 e. The van der Waals surface area contributed by atoms with Crippen molar-refractivity contribution in [2.24, 2.45) is 0 Å². The number of benzene rings is 8. The Morgan fingerprint density at radius 3 is 1.91 bits per heavy atom. The highest BCUT2D eigenvalue weighted by Gasteiger charge is 2.19. The maximum Gasteiger partial charge on any atom is 0.344 e. The number of fused-ring (bicyclic) bond motifs is 3. The first-order valence-electron chi connectivity index (χ1n) is 14.8. The number of anilines is 3. The average Bonchev–Trinajstić information content (AvgIpc) is 3.08. The highest BCUT2D eigenvalue weighted by atomic mass is 16.4. The summed E-state index contributed by atoms with van der Waals surface area (Å²) < 4.78 is 5.81. The quantitative estimate of drug-likeness (QED) is 0.158. The second-order valence-electron chi connectivity index (χ2n) is 11.3. The van der Waals surface area contributed by atoms with Gasteiger partial charge in [-0.05, 0) is 85.7 Å². The van der Waals surface area contributed by atoms with Crippen LogP contribution in [0.25, 0.3) is 65.2 Å². The zero-order valence-corrected chi connectivity index (χ0v) is 23.7. The number of hydrogen-bond donors (Lipinski definition) is 0. The molecule has 0 saturated heterocycles. The van der Waals surface area contributed by atoms with Crippen molar-refractivity contribution >= 4 is 71.1 Å². The molecule has 1 aromatic heterocycles. The molecule has 8 aromatic carbocycles. The van der Waals surface area contributed by atoms with Gasteiger partial charge in [-0.3, -0.25) is 0 Å². The van der Waals surface area contributed by atoms with Crippen molar-refractivity contribution in [3.8, 4) is 11.1 Å². The molecule has 0 radical (unpaired) electrons. The van der Waals surface area contributed by atoms with E-state index in [1.165, 1.54) is 32.3 Å². The summed E-state index contributed by atoms with van der Waals surface area (Å²) in [6.07, 6.45) is 0. The summed E-state index contributed by atoms with van der Waals surface area (Å²) in [4.78, 5) is 15.5. The molecule has 0 spiro atoms. The zero-order valence-electron chi connectivity index (χ0n) is 23.7. The fourth-order valence-electron chi connectivity index (χ4n) is 6.78. The summed E-state index contributed by atoms with van der Waals surface area (Å²) in [5, 5.41) is 10.6. The molecule has 0 unspecified atom stereocenters. The van der Waals surface area contributed by atoms with Gasteiger partial charge < -0.3 is 9.32 Å². The van der Waals surface area contributed by atoms with Gasteiger partial charge in [0, 0.05) is 22.1 Å². The van der Waals surface area contributed by atoms with Gasteiger partial charge in [-0.1, -0.05) is 109 Å². The minimum atomic E-state index is -0.341. The van der Waals surface area contributed by atoms with E-state index >= 15 is 0 Å². The topological polar surface area (TPSA) is 33.5 Å². The van der Waals surface area contributed by atoms with E-state index in [2.05, 4.69) is 108 Å². The number of nitrogens with zero attached hydrogens (tertiary/aromatic N) is 1. The van der Waals surface area contributed by atoms with E-state index in [9.17, 15) is 4.79 Å². The highest BCUT2D eigenvalue weighted by Crippen LogP contribution is 2.44. The van der Waals surface area contributed by atoms with Crippen molar-refractivity contribution in [3.05, 3.63) is 162 Å². The largest absolute Gasteiger partial charge is 0.422 e. The lowest BCUT2D eigenvalue weighted by molar-refractivity contribution is 0.564. The Balaban J connectivity index is 1.22. The normalized spacial score (nSPS) is 11.7. The van der Waals surface area contributed by atoms with Crippen LogP contribution < -0.4 is 10.5 Å². The van der Waals surface area contributed by atoms with Gasteiger partial charge in [-0.15, -0.1) is 0 Å². The van der Waals surface area contributed by atoms with Crippen LogP contribution >= 0.6 is 0 Å². The molecule has 9 rings (SSSR count). The maximum atomic E-state index is 13.2. The van der Waals surface area contributed by atoms with Crippen LogP contribution in [0.15, 0.2) is 161 Å². The van der Waals surface area contributed by atoms with Crippen LogP contribution in [0, 0.1) is 0 Å². The van der Waals surface area contributed by atoms with Crippen molar-refractivity contribution in [2.45, 2.75) is 0 Å². The fourth-order valence-corrected chi connectivity index (χ4v) is 6.78. The first-order valence-corrected chi connectivity index (χ1v) is 14.8. The third-order valence-corrected chi connectivity index (χ3v) is 8.84. The zero-order chi connectivity index (χ0) is 29.2. The molecule has 44 heavy (non-hydrogen) atoms. The minimum Gasteiger partial charge on any atom is -0.422 e. The van der Waals surface area contributed by atoms with Crippen molar-refractivity contribution in [1.29, 1.82) is 0 Å². The minimum absolute atomic E-state index is 0.341. The summed E-state index contributed by atoms with van der Waals surface area (Å²) in [5.74, 6) is 0. The molecule has 206 valence electrons. The molecule has 0 aliphatic heterocycles. The van der Waals surface area contributed by atoms with Crippen LogP contribution in [-0.2, 0) is 0 Å². The average molecular weight is 564 g/mol. The van der Waals surface area contributed by atoms with E-state index in [1.54, 1.807) is 0 Å². The van der Waals surface area contributed by atoms with Gasteiger partial charge in [0.05, 0.1) is 11.3 Å². The van der Waals surface area contributed by atoms with Gasteiger partial charge >= 0.3 is 5.63 Å². The Morgan fingerprint density at radius 2 is 1.09 bits per heavy atom. The van der Waals surface area contributed by atoms with Crippen LogP contribution in [0.2, 0.25) is 0 Å². The van der Waals surface area contributed by atoms with Gasteiger partial charge in [0.2, 0.25) is 0 Å². The van der Waals surface area contributed by atoms with Crippen molar-refractivity contribution in [1.82, 2.24) is 0 Å². The van der Waals surface area contributed by atoms with Crippen LogP contribution in [0.5, 0.6) is 0 Å². The summed E-state index contributed by atoms with van der Waals surface area (Å²) in [5.41, 5.74) is 4.80. The monoisotopic (exact) mass is 563 g/mol. The van der Waals surface area contributed by atoms with Gasteiger partial charge in [-0.2, -0.15) is 0 Å². The highest BCUT2D eigenvalue weighted by molar-refractivity contribution is 6.25. The van der Waals surface area contributed by atoms with E-state index < -0.39 is 0 Å². The van der Waals surface area contributed by atoms with E-state index in [-0.39, 0.29) is 5.63 Å². The number of hydrogen-bond acceptors (Lipinski definition) is 3. The fraction of sp³-hybridized carbons (Fsp3) is 0. The Morgan fingerprint density at radius 1 is 0.455 bits per heavy atom. The molecule has 0 N–H and O–H groups in total. The van der Waals surface area contributed by atoms with Crippen LogP contribution in [0.4, 0.5) is 17.1 Å². The van der Waals surface area contributed by atoms with Gasteiger partial charge in [0.25, 0.3) is 0 Å². The van der Waals surface area contributed by atoms with Gasteiger partial charge in [0.15, 0.2) is 0 Å². The van der Waals surface area contributed by atoms with Crippen molar-refractivity contribution in [2.75, 3.05) is 4.90 Å². The molecular weight excluding hydrogens is 538 g/mol. The molecule has 3 heteroatoms. The Hall–Kier alpha value is -5.93. The Bertz CT molecular complexity index is 2550. The predicted octanol–water partition coefficient (Wildman–Crippen LogP) is 11.0. The third-order valence-electron chi connectivity index (χ3n) is 8.84. The first-order chi connectivity index (χ1) is 21.7. The molecule has 0 bridgehead atoms. The number of para-hydroxylation sites is 1. The first kappa shape index (κ1) is 24.6. The Labute approximate surface area is 253 Å². The molecule has 0 atom stereocenters. The van der Waals surface area contributed by atoms with Gasteiger partial charge in [0.1, 0.15) is 5.58 Å². The third kappa shape index (κ3) is 3.73. The molecule has 0 saturated carbocycles. The van der Waals surface area contributed by atoms with E-state index in [1.807, 2.05) is 48.5 Å². The second kappa shape index (κ2) is 9.55. The second-order valence-corrected chi connectivity index (χ2v) is 11.3. The molecule has 1 heterocycles. The lowest BCUT2D eigenvalue weighted by Gasteiger charge is -2.27. The number of rotatable bonds is 4. The van der Waals surface area contributed by atoms with Crippen LogP contribution in [0.1, 0.15) is 0 Å². The molecular formula is C41H25NO2. The van der Waals surface area contributed by atoms with Crippen LogP contribution in [0.3, 0.4) is 0 Å². The molecule has 9 aromatic rings. The van der Waals surface area contributed by atoms with Crippen molar-refractivity contribution < 1.29 is 4.42 Å². The standard InChI is InChI=1S/C41H25NO2/c43-41-35(25-36-33-12-5-4-7-26(33)19-24-38(36)44-41)27-15-20-32(21-16-27)42(31-10-2-1-3-11-31)37-23-18-30-14-13-28-8-6-9-29-17-22-34(37)40(30)39(28)29/h1-25H. The van der Waals surface area contributed by atoms with E-state index in [0.717, 1.165) is 38.8 Å². The summed E-state index contributed by atoms with van der Waals surface area (Å²) in [7, 11) is 0. The SMILES string of the molecule is O=c1oc2ccc3ccccc3c2cc1-c1ccc(N(c2ccccc2)c2ccc3ccc4cccc5ccc2c3c45)cc1. The molecule has 0 amide bonds. The summed E-state index contributed by atoms with van der Waals surface area (Å²) >= 11 is 0. The molecule has 0 aliphatic rings. The maximum absolute atomic E-state index is 13.2. The molecule has 3 nitrogen and oxygen atoms in total. The lowest BCUT2D eigenvalue weighted by atomic mass is 9.93. The van der Waals surface area contributed by atoms with Crippen LogP contribution in [-0.4, -0.2) is 0 Å². The lowest BCUT2D eigenvalue weighted by Crippen LogP contribution is -2.10. The van der Waals surface area contributed by atoms with Crippen molar-refractivity contribution in [3.63, 3.8) is 0 Å². The molecule has 0 aliphatic carbocycles. The van der Waals surface area contributed by atoms with E-state index in [0.29, 0.717) is 11.1 Å². The summed E-state index contributed by atoms with van der Waals surface area (Å²) in [6, 6.07) is 52.5. The van der Waals surface area contributed by atoms with E-state index in [4.69, 9.17) is 4.42 Å².